The maximum atomic E-state index is 11.9. The number of rotatable bonds is 8. The van der Waals surface area contributed by atoms with Gasteiger partial charge in [0.15, 0.2) is 5.96 Å². The van der Waals surface area contributed by atoms with Crippen molar-refractivity contribution in [1.29, 1.82) is 0 Å². The largest absolute Gasteiger partial charge is 0.497 e. The fourth-order valence-electron chi connectivity index (χ4n) is 2.33. The highest BCUT2D eigenvalue weighted by Gasteiger charge is 2.11. The molecule has 0 saturated heterocycles. The van der Waals surface area contributed by atoms with Crippen LogP contribution in [0, 0.1) is 6.92 Å². The second-order valence-electron chi connectivity index (χ2n) is 6.75. The Morgan fingerprint density at radius 2 is 2.00 bits per heavy atom. The number of carbonyl (C=O) groups is 1. The maximum absolute atomic E-state index is 11.9. The smallest absolute Gasteiger partial charge is 0.241 e. The number of hydrogen-bond donors (Lipinski definition) is 2. The number of thiazole rings is 1. The van der Waals surface area contributed by atoms with E-state index >= 15 is 0 Å². The molecule has 2 rings (SSSR count). The minimum Gasteiger partial charge on any atom is -0.497 e. The van der Waals surface area contributed by atoms with Crippen LogP contribution in [0.2, 0.25) is 0 Å². The summed E-state index contributed by atoms with van der Waals surface area (Å²) in [5.41, 5.74) is 1.06. The van der Waals surface area contributed by atoms with Gasteiger partial charge in [0.05, 0.1) is 25.2 Å². The summed E-state index contributed by atoms with van der Waals surface area (Å²) in [4.78, 5) is 23.7. The summed E-state index contributed by atoms with van der Waals surface area (Å²) in [7, 11) is 5.11. The Labute approximate surface area is 170 Å². The zero-order valence-corrected chi connectivity index (χ0v) is 18.0. The van der Waals surface area contributed by atoms with Gasteiger partial charge >= 0.3 is 0 Å². The van der Waals surface area contributed by atoms with Gasteiger partial charge in [0.25, 0.3) is 0 Å². The number of aliphatic imine (C=N–C) groups is 1. The van der Waals surface area contributed by atoms with E-state index in [1.165, 1.54) is 4.88 Å². The number of benzene rings is 1. The van der Waals surface area contributed by atoms with Gasteiger partial charge in [0.1, 0.15) is 5.75 Å². The van der Waals surface area contributed by atoms with Crippen molar-refractivity contribution < 1.29 is 9.53 Å². The summed E-state index contributed by atoms with van der Waals surface area (Å²) < 4.78 is 5.18. The molecular formula is C20H29N5O2S. The Balaban J connectivity index is 2.00. The molecule has 152 valence electrons. The van der Waals surface area contributed by atoms with Gasteiger partial charge in [0, 0.05) is 37.6 Å². The molecule has 0 spiro atoms. The molecule has 7 nitrogen and oxygen atoms in total. The number of hydrogen-bond acceptors (Lipinski definition) is 5. The molecule has 0 fully saturated rings. The normalized spacial score (nSPS) is 12.4. The van der Waals surface area contributed by atoms with Crippen LogP contribution in [0.5, 0.6) is 5.75 Å². The predicted molar refractivity (Wildman–Crippen MR) is 114 cm³/mol. The number of nitrogens with zero attached hydrogens (tertiary/aromatic N) is 3. The van der Waals surface area contributed by atoms with E-state index in [0.717, 1.165) is 16.3 Å². The molecule has 1 heterocycles. The van der Waals surface area contributed by atoms with Gasteiger partial charge in [-0.05, 0) is 24.6 Å². The van der Waals surface area contributed by atoms with Crippen LogP contribution in [0.3, 0.4) is 0 Å². The minimum atomic E-state index is -0.0115. The first-order valence-electron chi connectivity index (χ1n) is 9.16. The molecule has 0 bridgehead atoms. The van der Waals surface area contributed by atoms with Gasteiger partial charge < -0.3 is 20.3 Å². The van der Waals surface area contributed by atoms with Gasteiger partial charge in [-0.15, -0.1) is 11.3 Å². The molecule has 1 atom stereocenters. The second kappa shape index (κ2) is 10.7. The van der Waals surface area contributed by atoms with Gasteiger partial charge in [0.2, 0.25) is 5.91 Å². The SMILES string of the molecule is COc1ccc(CN=C(NCC(=O)N(C)C)NCC(C)c2ncc(C)s2)cc1. The molecule has 0 saturated carbocycles. The number of amides is 1. The lowest BCUT2D eigenvalue weighted by Crippen LogP contribution is -2.43. The lowest BCUT2D eigenvalue weighted by molar-refractivity contribution is -0.127. The number of nitrogens with one attached hydrogen (secondary N) is 2. The van der Waals surface area contributed by atoms with Crippen molar-refractivity contribution in [2.24, 2.45) is 4.99 Å². The highest BCUT2D eigenvalue weighted by atomic mass is 32.1. The summed E-state index contributed by atoms with van der Waals surface area (Å²) in [6.07, 6.45) is 1.89. The number of aryl methyl sites for hydroxylation is 1. The summed E-state index contributed by atoms with van der Waals surface area (Å²) in [6, 6.07) is 7.78. The lowest BCUT2D eigenvalue weighted by Gasteiger charge is -2.17. The molecule has 2 N–H and O–H groups in total. The van der Waals surface area contributed by atoms with Gasteiger partial charge in [-0.1, -0.05) is 19.1 Å². The first kappa shape index (κ1) is 21.7. The summed E-state index contributed by atoms with van der Waals surface area (Å²) in [5.74, 6) is 1.65. The topological polar surface area (TPSA) is 78.8 Å². The molecule has 2 aromatic rings. The highest BCUT2D eigenvalue weighted by molar-refractivity contribution is 7.11. The van der Waals surface area contributed by atoms with Crippen molar-refractivity contribution in [3.05, 3.63) is 45.9 Å². The molecule has 1 amide bonds. The Hall–Kier alpha value is -2.61. The molecule has 1 aromatic heterocycles. The highest BCUT2D eigenvalue weighted by Crippen LogP contribution is 2.20. The van der Waals surface area contributed by atoms with E-state index in [2.05, 4.69) is 34.5 Å². The van der Waals surface area contributed by atoms with E-state index < -0.39 is 0 Å². The van der Waals surface area contributed by atoms with Gasteiger partial charge in [-0.2, -0.15) is 0 Å². The van der Waals surface area contributed by atoms with Crippen LogP contribution in [0.25, 0.3) is 0 Å². The molecule has 1 aromatic carbocycles. The molecule has 28 heavy (non-hydrogen) atoms. The van der Waals surface area contributed by atoms with Crippen LogP contribution in [-0.4, -0.2) is 56.0 Å². The third-order valence-electron chi connectivity index (χ3n) is 4.12. The number of aromatic nitrogens is 1. The number of methoxy groups -OCH3 is 1. The van der Waals surface area contributed by atoms with Crippen LogP contribution >= 0.6 is 11.3 Å². The Bertz CT molecular complexity index is 786. The van der Waals surface area contributed by atoms with Crippen molar-refractivity contribution >= 4 is 23.2 Å². The Kier molecular flexibility index (Phi) is 8.25. The van der Waals surface area contributed by atoms with Crippen LogP contribution in [0.15, 0.2) is 35.5 Å². The van der Waals surface area contributed by atoms with E-state index in [4.69, 9.17) is 4.74 Å². The predicted octanol–water partition coefficient (Wildman–Crippen LogP) is 2.39. The lowest BCUT2D eigenvalue weighted by atomic mass is 10.2. The first-order chi connectivity index (χ1) is 13.4. The Morgan fingerprint density at radius 3 is 2.57 bits per heavy atom. The molecular weight excluding hydrogens is 374 g/mol. The van der Waals surface area contributed by atoms with Crippen LogP contribution < -0.4 is 15.4 Å². The fraction of sp³-hybridized carbons (Fsp3) is 0.450. The van der Waals surface area contributed by atoms with Gasteiger partial charge in [-0.25, -0.2) is 9.98 Å². The van der Waals surface area contributed by atoms with Crippen molar-refractivity contribution in [2.75, 3.05) is 34.3 Å². The standard InChI is InChI=1S/C20H29N5O2S/c1-14(19-21-11-15(2)28-19)10-22-20(24-13-18(26)25(3)4)23-12-16-6-8-17(27-5)9-7-16/h6-9,11,14H,10,12-13H2,1-5H3,(H2,22,23,24). The van der Waals surface area contributed by atoms with Crippen LogP contribution in [0.4, 0.5) is 0 Å². The van der Waals surface area contributed by atoms with E-state index in [-0.39, 0.29) is 18.4 Å². The summed E-state index contributed by atoms with van der Waals surface area (Å²) >= 11 is 1.70. The van der Waals surface area contributed by atoms with Crippen LogP contribution in [0.1, 0.15) is 28.3 Å². The second-order valence-corrected chi connectivity index (χ2v) is 8.01. The van der Waals surface area contributed by atoms with Crippen molar-refractivity contribution in [3.63, 3.8) is 0 Å². The summed E-state index contributed by atoms with van der Waals surface area (Å²) in [6.45, 7) is 5.54. The zero-order valence-electron chi connectivity index (χ0n) is 17.2. The van der Waals surface area contributed by atoms with Crippen molar-refractivity contribution in [3.8, 4) is 5.75 Å². The molecule has 0 aliphatic heterocycles. The van der Waals surface area contributed by atoms with Crippen molar-refractivity contribution in [1.82, 2.24) is 20.5 Å². The quantitative estimate of drug-likeness (QED) is 0.523. The molecule has 0 radical (unpaired) electrons. The maximum Gasteiger partial charge on any atom is 0.241 e. The molecule has 8 heteroatoms. The van der Waals surface area contributed by atoms with Crippen LogP contribution in [-0.2, 0) is 11.3 Å². The average molecular weight is 404 g/mol. The summed E-state index contributed by atoms with van der Waals surface area (Å²) in [5, 5.41) is 7.52. The molecule has 0 aliphatic carbocycles. The zero-order chi connectivity index (χ0) is 20.5. The molecule has 1 unspecified atom stereocenters. The number of carbonyl (C=O) groups excluding carboxylic acids is 1. The van der Waals surface area contributed by atoms with E-state index in [0.29, 0.717) is 19.0 Å². The molecule has 0 aliphatic rings. The van der Waals surface area contributed by atoms with Crippen molar-refractivity contribution in [2.45, 2.75) is 26.3 Å². The van der Waals surface area contributed by atoms with E-state index in [9.17, 15) is 4.79 Å². The number of ether oxygens (including phenoxy) is 1. The minimum absolute atomic E-state index is 0.0115. The Morgan fingerprint density at radius 1 is 1.29 bits per heavy atom. The van der Waals surface area contributed by atoms with E-state index in [1.54, 1.807) is 37.4 Å². The number of guanidine groups is 1. The van der Waals surface area contributed by atoms with E-state index in [1.807, 2.05) is 30.5 Å². The van der Waals surface area contributed by atoms with Gasteiger partial charge in [-0.3, -0.25) is 4.79 Å². The first-order valence-corrected chi connectivity index (χ1v) is 9.98. The third-order valence-corrected chi connectivity index (χ3v) is 5.27. The fourth-order valence-corrected chi connectivity index (χ4v) is 3.16. The third kappa shape index (κ3) is 6.84. The average Bonchev–Trinajstić information content (AvgIpc) is 3.13. The monoisotopic (exact) mass is 403 g/mol. The number of likely N-dealkylation sites (N-methyl/N-ethyl adjacent to an activating group) is 1.